The average molecular weight is 372 g/mol. The summed E-state index contributed by atoms with van der Waals surface area (Å²) in [6.07, 6.45) is 1.80. The molecule has 2 aromatic carbocycles. The zero-order valence-corrected chi connectivity index (χ0v) is 16.0. The molecular weight excluding hydrogens is 352 g/mol. The van der Waals surface area contributed by atoms with E-state index < -0.39 is 5.41 Å². The van der Waals surface area contributed by atoms with Crippen molar-refractivity contribution in [3.63, 3.8) is 0 Å². The van der Waals surface area contributed by atoms with Gasteiger partial charge in [-0.3, -0.25) is 9.59 Å². The summed E-state index contributed by atoms with van der Waals surface area (Å²) in [5.74, 6) is 0.293. The third-order valence-electron chi connectivity index (χ3n) is 5.76. The Morgan fingerprint density at radius 1 is 1.04 bits per heavy atom. The van der Waals surface area contributed by atoms with Crippen LogP contribution in [0.3, 0.4) is 0 Å². The van der Waals surface area contributed by atoms with Crippen LogP contribution in [0.5, 0.6) is 0 Å². The molecule has 1 spiro atoms. The number of anilines is 2. The maximum Gasteiger partial charge on any atom is 0.242 e. The number of nitrogens with one attached hydrogen (secondary N) is 1. The highest BCUT2D eigenvalue weighted by molar-refractivity contribution is 6.15. The van der Waals surface area contributed by atoms with E-state index >= 15 is 0 Å². The van der Waals surface area contributed by atoms with Crippen molar-refractivity contribution in [2.24, 2.45) is 0 Å². The van der Waals surface area contributed by atoms with E-state index in [1.807, 2.05) is 50.2 Å². The van der Waals surface area contributed by atoms with Gasteiger partial charge in [0.25, 0.3) is 0 Å². The normalized spacial score (nSPS) is 20.3. The Morgan fingerprint density at radius 3 is 2.50 bits per heavy atom. The SMILES string of the molecule is Cc1cc(C)cc(-n2ncc3c2NC(=O)C[C@]32C(=O)N(C)c3ccccc32)c1. The Labute approximate surface area is 162 Å². The summed E-state index contributed by atoms with van der Waals surface area (Å²) >= 11 is 0. The quantitative estimate of drug-likeness (QED) is 0.714. The van der Waals surface area contributed by atoms with E-state index in [9.17, 15) is 9.59 Å². The van der Waals surface area contributed by atoms with E-state index in [1.54, 1.807) is 22.8 Å². The lowest BCUT2D eigenvalue weighted by Gasteiger charge is -2.32. The summed E-state index contributed by atoms with van der Waals surface area (Å²) in [5, 5.41) is 7.52. The molecular formula is C22H20N4O2. The van der Waals surface area contributed by atoms with E-state index in [1.165, 1.54) is 0 Å². The predicted molar refractivity (Wildman–Crippen MR) is 107 cm³/mol. The topological polar surface area (TPSA) is 67.2 Å². The summed E-state index contributed by atoms with van der Waals surface area (Å²) in [5.41, 5.74) is 4.50. The molecule has 2 amide bonds. The fraction of sp³-hybridized carbons (Fsp3) is 0.227. The van der Waals surface area contributed by atoms with Crippen LogP contribution in [0.25, 0.3) is 5.69 Å². The third-order valence-corrected chi connectivity index (χ3v) is 5.76. The zero-order chi connectivity index (χ0) is 19.6. The second kappa shape index (κ2) is 5.55. The van der Waals surface area contributed by atoms with E-state index in [4.69, 9.17) is 0 Å². The van der Waals surface area contributed by atoms with Gasteiger partial charge in [0.15, 0.2) is 0 Å². The van der Waals surface area contributed by atoms with Crippen molar-refractivity contribution in [3.8, 4) is 5.69 Å². The highest BCUT2D eigenvalue weighted by Crippen LogP contribution is 2.51. The van der Waals surface area contributed by atoms with Gasteiger partial charge in [-0.25, -0.2) is 4.68 Å². The molecule has 140 valence electrons. The molecule has 3 heterocycles. The Bertz CT molecular complexity index is 1140. The second-order valence-corrected chi connectivity index (χ2v) is 7.68. The highest BCUT2D eigenvalue weighted by Gasteiger charge is 2.56. The smallest absolute Gasteiger partial charge is 0.242 e. The van der Waals surface area contributed by atoms with Gasteiger partial charge in [-0.05, 0) is 48.7 Å². The molecule has 6 heteroatoms. The van der Waals surface area contributed by atoms with Crippen LogP contribution in [0, 0.1) is 13.8 Å². The van der Waals surface area contributed by atoms with Gasteiger partial charge in [-0.15, -0.1) is 0 Å². The second-order valence-electron chi connectivity index (χ2n) is 7.68. The Balaban J connectivity index is 1.78. The summed E-state index contributed by atoms with van der Waals surface area (Å²) in [7, 11) is 1.76. The number of carbonyl (C=O) groups is 2. The molecule has 6 nitrogen and oxygen atoms in total. The van der Waals surface area contributed by atoms with Crippen molar-refractivity contribution in [2.45, 2.75) is 25.7 Å². The average Bonchev–Trinajstić information content (AvgIpc) is 3.16. The van der Waals surface area contributed by atoms with Crippen LogP contribution >= 0.6 is 0 Å². The summed E-state index contributed by atoms with van der Waals surface area (Å²) < 4.78 is 1.72. The molecule has 0 aliphatic carbocycles. The summed E-state index contributed by atoms with van der Waals surface area (Å²) in [6.45, 7) is 4.05. The maximum atomic E-state index is 13.4. The first-order valence-corrected chi connectivity index (χ1v) is 9.26. The maximum absolute atomic E-state index is 13.4. The Morgan fingerprint density at radius 2 is 1.75 bits per heavy atom. The van der Waals surface area contributed by atoms with Crippen molar-refractivity contribution in [1.29, 1.82) is 0 Å². The fourth-order valence-electron chi connectivity index (χ4n) is 4.63. The van der Waals surface area contributed by atoms with Gasteiger partial charge in [0.1, 0.15) is 11.2 Å². The molecule has 28 heavy (non-hydrogen) atoms. The van der Waals surface area contributed by atoms with E-state index in [0.29, 0.717) is 5.82 Å². The molecule has 2 aliphatic rings. The van der Waals surface area contributed by atoms with Crippen molar-refractivity contribution in [2.75, 3.05) is 17.3 Å². The molecule has 0 saturated carbocycles. The number of benzene rings is 2. The number of likely N-dealkylation sites (N-methyl/N-ethyl adjacent to an activating group) is 1. The van der Waals surface area contributed by atoms with Crippen LogP contribution in [0.15, 0.2) is 48.7 Å². The number of aryl methyl sites for hydroxylation is 2. The Hall–Kier alpha value is -3.41. The van der Waals surface area contributed by atoms with Crippen LogP contribution in [-0.2, 0) is 15.0 Å². The Kier molecular flexibility index (Phi) is 3.32. The molecule has 2 aliphatic heterocycles. The lowest BCUT2D eigenvalue weighted by atomic mass is 9.72. The van der Waals surface area contributed by atoms with Crippen LogP contribution in [0.2, 0.25) is 0 Å². The lowest BCUT2D eigenvalue weighted by molar-refractivity contribution is -0.126. The van der Waals surface area contributed by atoms with Gasteiger partial charge in [0.05, 0.1) is 11.9 Å². The van der Waals surface area contributed by atoms with Gasteiger partial charge in [-0.1, -0.05) is 24.3 Å². The largest absolute Gasteiger partial charge is 0.314 e. The van der Waals surface area contributed by atoms with Crippen molar-refractivity contribution in [3.05, 3.63) is 70.9 Å². The number of para-hydroxylation sites is 1. The number of hydrogen-bond donors (Lipinski definition) is 1. The summed E-state index contributed by atoms with van der Waals surface area (Å²) in [4.78, 5) is 27.8. The van der Waals surface area contributed by atoms with Gasteiger partial charge in [-0.2, -0.15) is 5.10 Å². The third kappa shape index (κ3) is 2.05. The first kappa shape index (κ1) is 16.7. The van der Waals surface area contributed by atoms with E-state index in [2.05, 4.69) is 16.5 Å². The van der Waals surface area contributed by atoms with Gasteiger partial charge in [0.2, 0.25) is 11.8 Å². The number of amides is 2. The van der Waals surface area contributed by atoms with Crippen molar-refractivity contribution < 1.29 is 9.59 Å². The van der Waals surface area contributed by atoms with Crippen LogP contribution in [0.1, 0.15) is 28.7 Å². The number of carbonyl (C=O) groups excluding carboxylic acids is 2. The summed E-state index contributed by atoms with van der Waals surface area (Å²) in [6, 6.07) is 13.8. The number of hydrogen-bond acceptors (Lipinski definition) is 3. The minimum absolute atomic E-state index is 0.0821. The zero-order valence-electron chi connectivity index (χ0n) is 16.0. The number of fused-ring (bicyclic) bond motifs is 4. The minimum atomic E-state index is -1.03. The first-order valence-electron chi connectivity index (χ1n) is 9.26. The van der Waals surface area contributed by atoms with E-state index in [0.717, 1.165) is 33.6 Å². The monoisotopic (exact) mass is 372 g/mol. The fourth-order valence-corrected chi connectivity index (χ4v) is 4.63. The number of nitrogens with zero attached hydrogens (tertiary/aromatic N) is 3. The number of rotatable bonds is 1. The molecule has 0 fully saturated rings. The molecule has 3 aromatic rings. The predicted octanol–water partition coefficient (Wildman–Crippen LogP) is 3.09. The van der Waals surface area contributed by atoms with E-state index in [-0.39, 0.29) is 18.2 Å². The molecule has 0 saturated heterocycles. The highest BCUT2D eigenvalue weighted by atomic mass is 16.2. The molecule has 1 aromatic heterocycles. The van der Waals surface area contributed by atoms with Gasteiger partial charge >= 0.3 is 0 Å². The molecule has 5 rings (SSSR count). The molecule has 0 radical (unpaired) electrons. The van der Waals surface area contributed by atoms with Gasteiger partial charge in [0, 0.05) is 24.7 Å². The molecule has 0 unspecified atom stereocenters. The number of aromatic nitrogens is 2. The lowest BCUT2D eigenvalue weighted by Crippen LogP contribution is -2.45. The van der Waals surface area contributed by atoms with Crippen molar-refractivity contribution >= 4 is 23.3 Å². The van der Waals surface area contributed by atoms with Crippen LogP contribution < -0.4 is 10.2 Å². The molecule has 1 atom stereocenters. The standard InChI is InChI=1S/C22H20N4O2/c1-13-8-14(2)10-15(9-13)26-20-17(12-23-26)22(11-19(27)24-20)16-6-4-5-7-18(16)25(3)21(22)28/h4-10,12H,11H2,1-3H3,(H,24,27)/t22-/m1/s1. The van der Waals surface area contributed by atoms with Crippen LogP contribution in [0.4, 0.5) is 11.5 Å². The minimum Gasteiger partial charge on any atom is -0.314 e. The molecule has 1 N–H and O–H groups in total. The van der Waals surface area contributed by atoms with Gasteiger partial charge < -0.3 is 10.2 Å². The van der Waals surface area contributed by atoms with Crippen LogP contribution in [-0.4, -0.2) is 28.6 Å². The first-order chi connectivity index (χ1) is 13.4. The molecule has 0 bridgehead atoms. The van der Waals surface area contributed by atoms with Crippen molar-refractivity contribution in [1.82, 2.24) is 9.78 Å².